The molecule has 1 saturated heterocycles. The molecule has 0 aromatic heterocycles. The van der Waals surface area contributed by atoms with Gasteiger partial charge in [-0.15, -0.1) is 11.6 Å². The summed E-state index contributed by atoms with van der Waals surface area (Å²) in [6, 6.07) is 0. The first-order valence-electron chi connectivity index (χ1n) is 4.37. The summed E-state index contributed by atoms with van der Waals surface area (Å²) in [4.78, 5) is 12.6. The monoisotopic (exact) mass is 229 g/mol. The third-order valence-electron chi connectivity index (χ3n) is 2.11. The molecule has 14 heavy (non-hydrogen) atoms. The molecule has 0 aliphatic carbocycles. The first kappa shape index (κ1) is 11.6. The van der Waals surface area contributed by atoms with Crippen molar-refractivity contribution in [3.05, 3.63) is 0 Å². The Morgan fingerprint density at radius 2 is 2.14 bits per heavy atom. The number of rotatable bonds is 2. The van der Waals surface area contributed by atoms with Gasteiger partial charge in [-0.05, 0) is 6.42 Å². The van der Waals surface area contributed by atoms with Crippen LogP contribution in [-0.4, -0.2) is 35.4 Å². The van der Waals surface area contributed by atoms with E-state index in [1.165, 1.54) is 4.90 Å². The molecule has 1 atom stereocenters. The number of halogens is 4. The zero-order chi connectivity index (χ0) is 10.8. The van der Waals surface area contributed by atoms with Crippen LogP contribution >= 0.6 is 11.6 Å². The molecule has 0 aromatic carbocycles. The first-order chi connectivity index (χ1) is 6.38. The Kier molecular flexibility index (Phi) is 3.64. The number of hydrogen-bond donors (Lipinski definition) is 0. The van der Waals surface area contributed by atoms with Gasteiger partial charge < -0.3 is 4.90 Å². The van der Waals surface area contributed by atoms with Gasteiger partial charge in [0.05, 0.1) is 11.8 Å². The van der Waals surface area contributed by atoms with Crippen LogP contribution in [0.4, 0.5) is 13.2 Å². The van der Waals surface area contributed by atoms with E-state index in [4.69, 9.17) is 11.6 Å². The lowest BCUT2D eigenvalue weighted by molar-refractivity contribution is -0.148. The second kappa shape index (κ2) is 4.38. The van der Waals surface area contributed by atoms with Crippen LogP contribution in [0.25, 0.3) is 0 Å². The molecule has 2 nitrogen and oxygen atoms in total. The molecule has 1 unspecified atom stereocenters. The summed E-state index contributed by atoms with van der Waals surface area (Å²) >= 11 is 5.72. The highest BCUT2D eigenvalue weighted by atomic mass is 35.5. The zero-order valence-electron chi connectivity index (χ0n) is 7.48. The maximum absolute atomic E-state index is 11.8. The molecule has 6 heteroatoms. The highest BCUT2D eigenvalue weighted by Gasteiger charge is 2.31. The van der Waals surface area contributed by atoms with Gasteiger partial charge in [0.1, 0.15) is 0 Å². The van der Waals surface area contributed by atoms with Gasteiger partial charge in [0, 0.05) is 19.5 Å². The Labute approximate surface area is 85.0 Å². The fourth-order valence-corrected chi connectivity index (χ4v) is 1.62. The largest absolute Gasteiger partial charge is 0.389 e. The van der Waals surface area contributed by atoms with Crippen molar-refractivity contribution in [2.24, 2.45) is 0 Å². The van der Waals surface area contributed by atoms with Crippen LogP contribution in [0, 0.1) is 0 Å². The van der Waals surface area contributed by atoms with Crippen molar-refractivity contribution in [2.75, 3.05) is 13.1 Å². The fourth-order valence-electron chi connectivity index (χ4n) is 1.35. The van der Waals surface area contributed by atoms with E-state index in [-0.39, 0.29) is 5.38 Å². The minimum atomic E-state index is -4.25. The highest BCUT2D eigenvalue weighted by molar-refractivity contribution is 6.21. The molecule has 1 heterocycles. The minimum Gasteiger partial charge on any atom is -0.341 e. The molecule has 1 rings (SSSR count). The van der Waals surface area contributed by atoms with Crippen molar-refractivity contribution in [3.63, 3.8) is 0 Å². The van der Waals surface area contributed by atoms with Gasteiger partial charge in [0.15, 0.2) is 0 Å². The molecule has 0 bridgehead atoms. The Balaban J connectivity index is 2.29. The maximum atomic E-state index is 11.8. The van der Waals surface area contributed by atoms with Gasteiger partial charge in [-0.25, -0.2) is 0 Å². The van der Waals surface area contributed by atoms with Crippen molar-refractivity contribution >= 4 is 17.5 Å². The smallest absolute Gasteiger partial charge is 0.341 e. The average molecular weight is 230 g/mol. The lowest BCUT2D eigenvalue weighted by Crippen LogP contribution is -2.29. The lowest BCUT2D eigenvalue weighted by Gasteiger charge is -2.15. The Hall–Kier alpha value is -0.450. The Morgan fingerprint density at radius 1 is 1.50 bits per heavy atom. The second-order valence-electron chi connectivity index (χ2n) is 3.34. The van der Waals surface area contributed by atoms with Crippen LogP contribution in [0.5, 0.6) is 0 Å². The number of carbonyl (C=O) groups is 1. The van der Waals surface area contributed by atoms with Crippen molar-refractivity contribution in [1.82, 2.24) is 4.90 Å². The van der Waals surface area contributed by atoms with Gasteiger partial charge in [0.25, 0.3) is 0 Å². The molecular formula is C8H11ClF3NO. The third-order valence-corrected chi connectivity index (χ3v) is 2.46. The van der Waals surface area contributed by atoms with Gasteiger partial charge in [-0.3, -0.25) is 4.79 Å². The predicted octanol–water partition coefficient (Wildman–Crippen LogP) is 2.17. The summed E-state index contributed by atoms with van der Waals surface area (Å²) in [5.41, 5.74) is 0. The Bertz CT molecular complexity index is 219. The Morgan fingerprint density at radius 3 is 2.57 bits per heavy atom. The predicted molar refractivity (Wildman–Crippen MR) is 46.1 cm³/mol. The summed E-state index contributed by atoms with van der Waals surface area (Å²) in [5, 5.41) is -0.107. The molecule has 1 fully saturated rings. The maximum Gasteiger partial charge on any atom is 0.389 e. The summed E-state index contributed by atoms with van der Waals surface area (Å²) in [7, 11) is 0. The molecule has 0 spiro atoms. The standard InChI is InChI=1S/C8H11ClF3NO/c9-6-2-4-13(5-6)7(14)1-3-8(10,11)12/h6H,1-5H2. The van der Waals surface area contributed by atoms with Gasteiger partial charge in [0.2, 0.25) is 5.91 Å². The van der Waals surface area contributed by atoms with Gasteiger partial charge in [-0.2, -0.15) is 13.2 Å². The van der Waals surface area contributed by atoms with Gasteiger partial charge in [-0.1, -0.05) is 0 Å². The average Bonchev–Trinajstić information content (AvgIpc) is 2.46. The normalized spacial score (nSPS) is 22.9. The molecule has 1 aliphatic heterocycles. The number of carbonyl (C=O) groups excluding carboxylic acids is 1. The van der Waals surface area contributed by atoms with Crippen molar-refractivity contribution in [1.29, 1.82) is 0 Å². The van der Waals surface area contributed by atoms with E-state index >= 15 is 0 Å². The molecule has 1 amide bonds. The van der Waals surface area contributed by atoms with E-state index in [1.807, 2.05) is 0 Å². The van der Waals surface area contributed by atoms with Crippen LogP contribution < -0.4 is 0 Å². The van der Waals surface area contributed by atoms with E-state index in [2.05, 4.69) is 0 Å². The fraction of sp³-hybridized carbons (Fsp3) is 0.875. The van der Waals surface area contributed by atoms with E-state index in [9.17, 15) is 18.0 Å². The number of likely N-dealkylation sites (tertiary alicyclic amines) is 1. The second-order valence-corrected chi connectivity index (χ2v) is 3.96. The van der Waals surface area contributed by atoms with Gasteiger partial charge >= 0.3 is 6.18 Å². The number of hydrogen-bond acceptors (Lipinski definition) is 1. The van der Waals surface area contributed by atoms with E-state index in [0.29, 0.717) is 19.5 Å². The quantitative estimate of drug-likeness (QED) is 0.665. The van der Waals surface area contributed by atoms with Crippen LogP contribution in [0.15, 0.2) is 0 Å². The van der Waals surface area contributed by atoms with E-state index in [0.717, 1.165) is 0 Å². The highest BCUT2D eigenvalue weighted by Crippen LogP contribution is 2.23. The van der Waals surface area contributed by atoms with Crippen LogP contribution in [0.1, 0.15) is 19.3 Å². The summed E-state index contributed by atoms with van der Waals surface area (Å²) in [5.74, 6) is -0.453. The summed E-state index contributed by atoms with van der Waals surface area (Å²) in [6.07, 6.45) is -5.10. The summed E-state index contributed by atoms with van der Waals surface area (Å²) < 4.78 is 35.3. The van der Waals surface area contributed by atoms with E-state index in [1.54, 1.807) is 0 Å². The van der Waals surface area contributed by atoms with Crippen molar-refractivity contribution in [3.8, 4) is 0 Å². The van der Waals surface area contributed by atoms with Crippen LogP contribution in [-0.2, 0) is 4.79 Å². The van der Waals surface area contributed by atoms with Crippen molar-refractivity contribution in [2.45, 2.75) is 30.8 Å². The molecule has 82 valence electrons. The van der Waals surface area contributed by atoms with E-state index < -0.39 is 24.9 Å². The number of amides is 1. The topological polar surface area (TPSA) is 20.3 Å². The van der Waals surface area contributed by atoms with Crippen molar-refractivity contribution < 1.29 is 18.0 Å². The molecule has 0 radical (unpaired) electrons. The van der Waals surface area contributed by atoms with Crippen LogP contribution in [0.3, 0.4) is 0 Å². The molecule has 1 aliphatic rings. The minimum absolute atomic E-state index is 0.107. The lowest BCUT2D eigenvalue weighted by atomic mass is 10.3. The molecule has 0 aromatic rings. The third kappa shape index (κ3) is 3.74. The SMILES string of the molecule is O=C(CCC(F)(F)F)N1CCC(Cl)C1. The zero-order valence-corrected chi connectivity index (χ0v) is 8.24. The summed E-state index contributed by atoms with van der Waals surface area (Å²) in [6.45, 7) is 0.850. The first-order valence-corrected chi connectivity index (χ1v) is 4.81. The number of alkyl halides is 4. The molecular weight excluding hydrogens is 219 g/mol. The van der Waals surface area contributed by atoms with Crippen LogP contribution in [0.2, 0.25) is 0 Å². The molecule has 0 N–H and O–H groups in total. The number of nitrogens with zero attached hydrogens (tertiary/aromatic N) is 1. The molecule has 0 saturated carbocycles.